The minimum absolute atomic E-state index is 0.218. The van der Waals surface area contributed by atoms with Crippen molar-refractivity contribution in [1.82, 2.24) is 19.7 Å². The lowest BCUT2D eigenvalue weighted by atomic mass is 10.4. The summed E-state index contributed by atoms with van der Waals surface area (Å²) in [6.45, 7) is 1.75. The van der Waals surface area contributed by atoms with E-state index >= 15 is 0 Å². The summed E-state index contributed by atoms with van der Waals surface area (Å²) in [6, 6.07) is 0. The zero-order chi connectivity index (χ0) is 11.4. The van der Waals surface area contributed by atoms with Crippen LogP contribution >= 0.6 is 15.9 Å². The number of aliphatic hydroxyl groups excluding tert-OH is 1. The van der Waals surface area contributed by atoms with Gasteiger partial charge in [0, 0.05) is 19.3 Å². The van der Waals surface area contributed by atoms with E-state index in [1.165, 1.54) is 0 Å². The predicted octanol–water partition coefficient (Wildman–Crippen LogP) is 0.964. The first-order valence-electron chi connectivity index (χ1n) is 5.10. The lowest BCUT2D eigenvalue weighted by Crippen LogP contribution is -2.16. The second kappa shape index (κ2) is 5.38. The lowest BCUT2D eigenvalue weighted by Gasteiger charge is -2.03. The Morgan fingerprint density at radius 2 is 2.25 bits per heavy atom. The average Bonchev–Trinajstić information content (AvgIpc) is 2.67. The number of nitrogens with zero attached hydrogens (tertiary/aromatic N) is 3. The molecule has 0 aromatic carbocycles. The third-order valence-corrected chi connectivity index (χ3v) is 2.67. The Kier molecular flexibility index (Phi) is 3.87. The number of aliphatic hydroxyl groups is 1. The molecular formula is C10H13BrN4O. The molecule has 86 valence electrons. The molecule has 0 aliphatic heterocycles. The highest BCUT2D eigenvalue weighted by Gasteiger charge is 2.03. The van der Waals surface area contributed by atoms with Gasteiger partial charge in [0.05, 0.1) is 18.1 Å². The standard InChI is InChI=1S/C10H13BrN4O/c11-9-7-15-8(4-12-2-1-3-16)5-14-10(15)6-13-9/h5-7,12,16H,1-4H2. The smallest absolute Gasteiger partial charge is 0.155 e. The molecule has 5 nitrogen and oxygen atoms in total. The minimum Gasteiger partial charge on any atom is -0.396 e. The fourth-order valence-corrected chi connectivity index (χ4v) is 1.77. The van der Waals surface area contributed by atoms with Crippen LogP contribution in [0.15, 0.2) is 23.2 Å². The van der Waals surface area contributed by atoms with Crippen LogP contribution < -0.4 is 5.32 Å². The minimum atomic E-state index is 0.218. The number of nitrogens with one attached hydrogen (secondary N) is 1. The van der Waals surface area contributed by atoms with Crippen molar-refractivity contribution in [3.63, 3.8) is 0 Å². The highest BCUT2D eigenvalue weighted by Crippen LogP contribution is 2.10. The number of halogens is 1. The summed E-state index contributed by atoms with van der Waals surface area (Å²) in [6.07, 6.45) is 6.21. The van der Waals surface area contributed by atoms with Gasteiger partial charge >= 0.3 is 0 Å². The second-order valence-electron chi connectivity index (χ2n) is 3.44. The van der Waals surface area contributed by atoms with Gasteiger partial charge < -0.3 is 10.4 Å². The molecule has 0 atom stereocenters. The van der Waals surface area contributed by atoms with Crippen molar-refractivity contribution in [2.45, 2.75) is 13.0 Å². The molecule has 0 bridgehead atoms. The van der Waals surface area contributed by atoms with Crippen molar-refractivity contribution in [3.05, 3.63) is 28.9 Å². The van der Waals surface area contributed by atoms with Gasteiger partial charge in [-0.05, 0) is 28.9 Å². The summed E-state index contributed by atoms with van der Waals surface area (Å²) >= 11 is 3.33. The maximum Gasteiger partial charge on any atom is 0.155 e. The Hall–Kier alpha value is -0.980. The van der Waals surface area contributed by atoms with Gasteiger partial charge in [-0.15, -0.1) is 0 Å². The quantitative estimate of drug-likeness (QED) is 0.803. The number of imidazole rings is 1. The van der Waals surface area contributed by atoms with Crippen molar-refractivity contribution >= 4 is 21.6 Å². The molecule has 0 unspecified atom stereocenters. The van der Waals surface area contributed by atoms with Crippen LogP contribution in [0, 0.1) is 0 Å². The highest BCUT2D eigenvalue weighted by atomic mass is 79.9. The monoisotopic (exact) mass is 284 g/mol. The van der Waals surface area contributed by atoms with Crippen LogP contribution in [0.5, 0.6) is 0 Å². The van der Waals surface area contributed by atoms with Crippen LogP contribution in [0.4, 0.5) is 0 Å². The average molecular weight is 285 g/mol. The summed E-state index contributed by atoms with van der Waals surface area (Å²) in [4.78, 5) is 8.36. The van der Waals surface area contributed by atoms with Crippen LogP contribution in [0.1, 0.15) is 12.1 Å². The summed E-state index contributed by atoms with van der Waals surface area (Å²) in [5.41, 5.74) is 1.91. The topological polar surface area (TPSA) is 62.5 Å². The van der Waals surface area contributed by atoms with Gasteiger partial charge in [0.15, 0.2) is 5.65 Å². The molecule has 2 heterocycles. The zero-order valence-corrected chi connectivity index (χ0v) is 10.3. The van der Waals surface area contributed by atoms with E-state index in [9.17, 15) is 0 Å². The Morgan fingerprint density at radius 3 is 3.06 bits per heavy atom. The van der Waals surface area contributed by atoms with Crippen molar-refractivity contribution < 1.29 is 5.11 Å². The predicted molar refractivity (Wildman–Crippen MR) is 64.1 cm³/mol. The van der Waals surface area contributed by atoms with Crippen LogP contribution in [-0.4, -0.2) is 32.6 Å². The van der Waals surface area contributed by atoms with Gasteiger partial charge in [0.25, 0.3) is 0 Å². The molecule has 0 saturated heterocycles. The number of fused-ring (bicyclic) bond motifs is 1. The maximum atomic E-state index is 8.66. The van der Waals surface area contributed by atoms with Gasteiger partial charge in [0.2, 0.25) is 0 Å². The summed E-state index contributed by atoms with van der Waals surface area (Å²) < 4.78 is 2.78. The van der Waals surface area contributed by atoms with Gasteiger partial charge in [-0.3, -0.25) is 4.40 Å². The normalized spacial score (nSPS) is 11.1. The summed E-state index contributed by atoms with van der Waals surface area (Å²) in [5.74, 6) is 0. The van der Waals surface area contributed by atoms with Crippen molar-refractivity contribution in [3.8, 4) is 0 Å². The molecule has 2 rings (SSSR count). The molecule has 2 N–H and O–H groups in total. The first-order valence-corrected chi connectivity index (χ1v) is 5.89. The molecule has 2 aromatic rings. The maximum absolute atomic E-state index is 8.66. The van der Waals surface area contributed by atoms with Gasteiger partial charge in [0.1, 0.15) is 4.60 Å². The number of hydrogen-bond donors (Lipinski definition) is 2. The molecule has 0 saturated carbocycles. The molecule has 0 spiro atoms. The van der Waals surface area contributed by atoms with E-state index in [-0.39, 0.29) is 6.61 Å². The Labute approximate surface area is 102 Å². The number of hydrogen-bond acceptors (Lipinski definition) is 4. The van der Waals surface area contributed by atoms with Gasteiger partial charge in [-0.25, -0.2) is 9.97 Å². The molecule has 6 heteroatoms. The van der Waals surface area contributed by atoms with Crippen LogP contribution in [0.25, 0.3) is 5.65 Å². The number of rotatable bonds is 5. The van der Waals surface area contributed by atoms with E-state index in [2.05, 4.69) is 31.2 Å². The molecule has 0 amide bonds. The van der Waals surface area contributed by atoms with E-state index in [1.54, 1.807) is 6.20 Å². The molecule has 0 aliphatic rings. The van der Waals surface area contributed by atoms with E-state index in [4.69, 9.17) is 5.11 Å². The van der Waals surface area contributed by atoms with Crippen molar-refractivity contribution in [1.29, 1.82) is 0 Å². The number of aromatic nitrogens is 3. The van der Waals surface area contributed by atoms with Crippen LogP contribution in [-0.2, 0) is 6.54 Å². The van der Waals surface area contributed by atoms with E-state index in [1.807, 2.05) is 16.8 Å². The molecule has 0 aliphatic carbocycles. The lowest BCUT2D eigenvalue weighted by molar-refractivity contribution is 0.286. The van der Waals surface area contributed by atoms with Crippen LogP contribution in [0.3, 0.4) is 0 Å². The molecular weight excluding hydrogens is 272 g/mol. The fourth-order valence-electron chi connectivity index (χ4n) is 1.47. The molecule has 0 radical (unpaired) electrons. The Bertz CT molecular complexity index is 471. The summed E-state index contributed by atoms with van der Waals surface area (Å²) in [5, 5.41) is 11.9. The first-order chi connectivity index (χ1) is 7.81. The highest BCUT2D eigenvalue weighted by molar-refractivity contribution is 9.10. The zero-order valence-electron chi connectivity index (χ0n) is 8.73. The third-order valence-electron chi connectivity index (χ3n) is 2.26. The van der Waals surface area contributed by atoms with Crippen LogP contribution in [0.2, 0.25) is 0 Å². The van der Waals surface area contributed by atoms with E-state index < -0.39 is 0 Å². The largest absolute Gasteiger partial charge is 0.396 e. The summed E-state index contributed by atoms with van der Waals surface area (Å²) in [7, 11) is 0. The molecule has 2 aromatic heterocycles. The third kappa shape index (κ3) is 2.58. The van der Waals surface area contributed by atoms with Gasteiger partial charge in [-0.1, -0.05) is 0 Å². The molecule has 0 fully saturated rings. The van der Waals surface area contributed by atoms with E-state index in [0.717, 1.165) is 35.5 Å². The first kappa shape index (κ1) is 11.5. The molecule has 16 heavy (non-hydrogen) atoms. The van der Waals surface area contributed by atoms with Crippen molar-refractivity contribution in [2.75, 3.05) is 13.2 Å². The fraction of sp³-hybridized carbons (Fsp3) is 0.400. The second-order valence-corrected chi connectivity index (χ2v) is 4.25. The Morgan fingerprint density at radius 1 is 1.38 bits per heavy atom. The van der Waals surface area contributed by atoms with Crippen molar-refractivity contribution in [2.24, 2.45) is 0 Å². The Balaban J connectivity index is 2.09. The SMILES string of the molecule is OCCCNCc1cnc2cnc(Br)cn12. The van der Waals surface area contributed by atoms with E-state index in [0.29, 0.717) is 0 Å². The van der Waals surface area contributed by atoms with Gasteiger partial charge in [-0.2, -0.15) is 0 Å².